The fraction of sp³-hybridized carbons (Fsp3) is 0.656. The number of fused-ring (bicyclic) bond motifs is 1. The zero-order valence-electron chi connectivity index (χ0n) is 24.4. The molecule has 1 N–H and O–H groups in total. The zero-order chi connectivity index (χ0) is 28.5. The summed E-state index contributed by atoms with van der Waals surface area (Å²) in [5.41, 5.74) is -0.212. The number of ether oxygens (including phenoxy) is 1. The summed E-state index contributed by atoms with van der Waals surface area (Å²) in [7, 11) is 0. The predicted molar refractivity (Wildman–Crippen MR) is 158 cm³/mol. The topological polar surface area (TPSA) is 77.4 Å². The number of unbranched alkanes of at least 4 members (excludes halogenated alkanes) is 14. The minimum atomic E-state index is -0.729. The van der Waals surface area contributed by atoms with E-state index in [1.54, 1.807) is 11.5 Å². The standard InChI is InChI=1S/C32H49FN2O4/c1-4-7-8-9-10-11-12-13-14-15-16-17-18-19-20-21-30(36)34-28-23-29-25(22-27(28)33)31(37)26(24-35(29)5-2)32(38)39-6-3/h22-24H,4-21H2,1-3H3,(H,34,36). The number of halogens is 1. The van der Waals surface area contributed by atoms with Crippen molar-refractivity contribution in [1.29, 1.82) is 0 Å². The normalized spacial score (nSPS) is 11.2. The Morgan fingerprint density at radius 2 is 1.36 bits per heavy atom. The minimum Gasteiger partial charge on any atom is -0.462 e. The number of nitrogens with one attached hydrogen (secondary N) is 1. The highest BCUT2D eigenvalue weighted by Gasteiger charge is 2.18. The van der Waals surface area contributed by atoms with Crippen LogP contribution in [0.1, 0.15) is 134 Å². The number of carbonyl (C=O) groups excluding carboxylic acids is 2. The van der Waals surface area contributed by atoms with Crippen LogP contribution in [0, 0.1) is 5.82 Å². The molecule has 0 bridgehead atoms. The number of benzene rings is 1. The summed E-state index contributed by atoms with van der Waals surface area (Å²) in [6.45, 7) is 6.37. The van der Waals surface area contributed by atoms with Gasteiger partial charge in [0.25, 0.3) is 0 Å². The maximum Gasteiger partial charge on any atom is 0.343 e. The number of nitrogens with zero attached hydrogens (tertiary/aromatic N) is 1. The van der Waals surface area contributed by atoms with Gasteiger partial charge in [0.15, 0.2) is 0 Å². The van der Waals surface area contributed by atoms with Crippen LogP contribution in [0.5, 0.6) is 0 Å². The number of hydrogen-bond acceptors (Lipinski definition) is 4. The van der Waals surface area contributed by atoms with Crippen LogP contribution in [0.15, 0.2) is 23.1 Å². The second-order valence-electron chi connectivity index (χ2n) is 10.5. The lowest BCUT2D eigenvalue weighted by Gasteiger charge is -2.14. The molecule has 0 atom stereocenters. The SMILES string of the molecule is CCCCCCCCCCCCCCCCCC(=O)Nc1cc2c(cc1F)c(=O)c(C(=O)OCC)cn2CC. The van der Waals surface area contributed by atoms with Gasteiger partial charge < -0.3 is 14.6 Å². The molecule has 1 heterocycles. The summed E-state index contributed by atoms with van der Waals surface area (Å²) in [5.74, 6) is -1.67. The first kappa shape index (κ1) is 32.5. The van der Waals surface area contributed by atoms with E-state index in [-0.39, 0.29) is 29.2 Å². The molecule has 39 heavy (non-hydrogen) atoms. The second-order valence-corrected chi connectivity index (χ2v) is 10.5. The molecule has 0 saturated carbocycles. The summed E-state index contributed by atoms with van der Waals surface area (Å²) in [5, 5.41) is 2.74. The molecule has 7 heteroatoms. The van der Waals surface area contributed by atoms with E-state index in [1.165, 1.54) is 89.3 Å². The van der Waals surface area contributed by atoms with E-state index in [0.717, 1.165) is 25.3 Å². The Labute approximate surface area is 233 Å². The number of amides is 1. The molecule has 0 saturated heterocycles. The molecule has 1 aromatic heterocycles. The smallest absolute Gasteiger partial charge is 0.343 e. The first-order valence-electron chi connectivity index (χ1n) is 15.3. The van der Waals surface area contributed by atoms with Crippen LogP contribution < -0.4 is 10.7 Å². The molecule has 2 aromatic rings. The minimum absolute atomic E-state index is 0.0407. The average Bonchev–Trinajstić information content (AvgIpc) is 2.92. The highest BCUT2D eigenvalue weighted by molar-refractivity contribution is 5.96. The second kappa shape index (κ2) is 18.6. The lowest BCUT2D eigenvalue weighted by molar-refractivity contribution is -0.116. The molecule has 0 aliphatic carbocycles. The summed E-state index contributed by atoms with van der Waals surface area (Å²) in [4.78, 5) is 37.4. The third-order valence-electron chi connectivity index (χ3n) is 7.29. The Morgan fingerprint density at radius 3 is 1.87 bits per heavy atom. The number of hydrogen-bond donors (Lipinski definition) is 1. The van der Waals surface area contributed by atoms with Crippen molar-refractivity contribution in [2.75, 3.05) is 11.9 Å². The molecule has 0 aliphatic rings. The summed E-state index contributed by atoms with van der Waals surface area (Å²) in [6.07, 6.45) is 20.6. The number of pyridine rings is 1. The fourth-order valence-electron chi connectivity index (χ4n) is 4.99. The van der Waals surface area contributed by atoms with Crippen molar-refractivity contribution in [3.05, 3.63) is 39.9 Å². The van der Waals surface area contributed by atoms with E-state index in [1.807, 2.05) is 6.92 Å². The molecule has 6 nitrogen and oxygen atoms in total. The Hall–Kier alpha value is -2.70. The Kier molecular flexibility index (Phi) is 15.5. The number of esters is 1. The largest absolute Gasteiger partial charge is 0.462 e. The van der Waals surface area contributed by atoms with Gasteiger partial charge in [-0.15, -0.1) is 0 Å². The van der Waals surface area contributed by atoms with Crippen LogP contribution >= 0.6 is 0 Å². The summed E-state index contributed by atoms with van der Waals surface area (Å²) < 4.78 is 21.5. The van der Waals surface area contributed by atoms with Crippen LogP contribution in [0.2, 0.25) is 0 Å². The summed E-state index contributed by atoms with van der Waals surface area (Å²) in [6, 6.07) is 2.56. The van der Waals surface area contributed by atoms with Gasteiger partial charge in [-0.1, -0.05) is 96.8 Å². The average molecular weight is 545 g/mol. The van der Waals surface area contributed by atoms with Crippen LogP contribution in [0.3, 0.4) is 0 Å². The van der Waals surface area contributed by atoms with Crippen molar-refractivity contribution in [2.45, 2.75) is 130 Å². The molecule has 0 fully saturated rings. The highest BCUT2D eigenvalue weighted by Crippen LogP contribution is 2.23. The van der Waals surface area contributed by atoms with E-state index in [9.17, 15) is 18.8 Å². The maximum atomic E-state index is 14.8. The lowest BCUT2D eigenvalue weighted by Crippen LogP contribution is -2.21. The molecule has 218 valence electrons. The summed E-state index contributed by atoms with van der Waals surface area (Å²) >= 11 is 0. The molecular weight excluding hydrogens is 495 g/mol. The zero-order valence-corrected chi connectivity index (χ0v) is 24.4. The van der Waals surface area contributed by atoms with Gasteiger partial charge >= 0.3 is 5.97 Å². The first-order valence-corrected chi connectivity index (χ1v) is 15.3. The van der Waals surface area contributed by atoms with Gasteiger partial charge in [0, 0.05) is 24.5 Å². The first-order chi connectivity index (χ1) is 18.9. The van der Waals surface area contributed by atoms with Crippen molar-refractivity contribution in [3.63, 3.8) is 0 Å². The van der Waals surface area contributed by atoms with Gasteiger partial charge in [-0.25, -0.2) is 9.18 Å². The number of anilines is 1. The van der Waals surface area contributed by atoms with E-state index in [0.29, 0.717) is 18.5 Å². The van der Waals surface area contributed by atoms with Gasteiger partial charge in [-0.3, -0.25) is 9.59 Å². The molecule has 1 amide bonds. The third kappa shape index (κ3) is 11.1. The number of aryl methyl sites for hydroxylation is 1. The van der Waals surface area contributed by atoms with Crippen LogP contribution in [0.25, 0.3) is 10.9 Å². The number of rotatable bonds is 20. The number of carbonyl (C=O) groups is 2. The molecule has 0 aliphatic heterocycles. The quantitative estimate of drug-likeness (QED) is 0.134. The Morgan fingerprint density at radius 1 is 0.821 bits per heavy atom. The van der Waals surface area contributed by atoms with E-state index in [2.05, 4.69) is 12.2 Å². The highest BCUT2D eigenvalue weighted by atomic mass is 19.1. The molecule has 2 rings (SSSR count). The maximum absolute atomic E-state index is 14.8. The molecule has 0 spiro atoms. The lowest BCUT2D eigenvalue weighted by atomic mass is 10.0. The van der Waals surface area contributed by atoms with Crippen LogP contribution in [0.4, 0.5) is 10.1 Å². The van der Waals surface area contributed by atoms with E-state index >= 15 is 0 Å². The van der Waals surface area contributed by atoms with Gasteiger partial charge in [0.05, 0.1) is 17.8 Å². The third-order valence-corrected chi connectivity index (χ3v) is 7.29. The van der Waals surface area contributed by atoms with Crippen LogP contribution in [-0.4, -0.2) is 23.1 Å². The van der Waals surface area contributed by atoms with Gasteiger partial charge in [-0.05, 0) is 32.4 Å². The molecule has 1 aromatic carbocycles. The van der Waals surface area contributed by atoms with Gasteiger partial charge in [0.1, 0.15) is 11.4 Å². The van der Waals surface area contributed by atoms with Crippen molar-refractivity contribution >= 4 is 28.5 Å². The Bertz CT molecular complexity index is 1100. The van der Waals surface area contributed by atoms with E-state index in [4.69, 9.17) is 4.74 Å². The van der Waals surface area contributed by atoms with Crippen molar-refractivity contribution in [1.82, 2.24) is 4.57 Å². The fourth-order valence-corrected chi connectivity index (χ4v) is 4.99. The van der Waals surface area contributed by atoms with Crippen molar-refractivity contribution in [2.24, 2.45) is 0 Å². The predicted octanol–water partition coefficient (Wildman–Crippen LogP) is 8.54. The molecule has 0 unspecified atom stereocenters. The molecule has 0 radical (unpaired) electrons. The van der Waals surface area contributed by atoms with E-state index < -0.39 is 17.2 Å². The van der Waals surface area contributed by atoms with Crippen molar-refractivity contribution < 1.29 is 18.7 Å². The monoisotopic (exact) mass is 544 g/mol. The van der Waals surface area contributed by atoms with Gasteiger partial charge in [0.2, 0.25) is 11.3 Å². The van der Waals surface area contributed by atoms with Crippen LogP contribution in [-0.2, 0) is 16.1 Å². The van der Waals surface area contributed by atoms with Gasteiger partial charge in [-0.2, -0.15) is 0 Å². The number of aromatic nitrogens is 1. The van der Waals surface area contributed by atoms with Crippen molar-refractivity contribution in [3.8, 4) is 0 Å². The molecular formula is C32H49FN2O4. The Balaban J connectivity index is 1.71.